The number of phenols is 1. The number of pyridine rings is 1. The number of nitrogens with two attached hydrogens (primary N) is 1. The van der Waals surface area contributed by atoms with Crippen molar-refractivity contribution in [2.24, 2.45) is 10.7 Å². The van der Waals surface area contributed by atoms with Gasteiger partial charge in [-0.05, 0) is 24.1 Å². The third-order valence-corrected chi connectivity index (χ3v) is 4.66. The van der Waals surface area contributed by atoms with Gasteiger partial charge in [-0.3, -0.25) is 9.98 Å². The average Bonchev–Trinajstić information content (AvgIpc) is 2.70. The molecule has 146 valence electrons. The summed E-state index contributed by atoms with van der Waals surface area (Å²) in [5, 5.41) is 15.3. The number of aliphatic imine (C=N–C) groups is 1. The van der Waals surface area contributed by atoms with Crippen molar-refractivity contribution in [3.8, 4) is 5.75 Å². The van der Waals surface area contributed by atoms with E-state index in [9.17, 15) is 5.11 Å². The van der Waals surface area contributed by atoms with Gasteiger partial charge in [0.2, 0.25) is 0 Å². The van der Waals surface area contributed by atoms with Gasteiger partial charge in [0.05, 0.1) is 11.1 Å². The van der Waals surface area contributed by atoms with Crippen LogP contribution in [0.4, 0.5) is 0 Å². The highest BCUT2D eigenvalue weighted by Crippen LogP contribution is 2.37. The zero-order valence-electron chi connectivity index (χ0n) is 16.1. The number of phenolic OH excluding ortho intramolecular Hbond substituents is 1. The molecular weight excluding hydrogens is 372 g/mol. The SMILES string of the molecule is C=C/C(=C(/Cl)C(=C)N)C(NC(/C=C\CC)=NC)c1ccc2cccnc2c1O. The molecule has 0 aliphatic rings. The first kappa shape index (κ1) is 21.3. The van der Waals surface area contributed by atoms with E-state index in [-0.39, 0.29) is 16.5 Å². The zero-order valence-corrected chi connectivity index (χ0v) is 16.9. The van der Waals surface area contributed by atoms with Crippen LogP contribution in [0.2, 0.25) is 0 Å². The molecule has 0 saturated carbocycles. The minimum Gasteiger partial charge on any atom is -0.505 e. The number of aromatic hydroxyl groups is 1. The topological polar surface area (TPSA) is 83.5 Å². The number of amidine groups is 1. The van der Waals surface area contributed by atoms with Crippen LogP contribution in [0, 0.1) is 0 Å². The fraction of sp³-hybridized carbons (Fsp3) is 0.182. The summed E-state index contributed by atoms with van der Waals surface area (Å²) in [6, 6.07) is 6.86. The minimum atomic E-state index is -0.558. The predicted octanol–water partition coefficient (Wildman–Crippen LogP) is 4.72. The van der Waals surface area contributed by atoms with Crippen LogP contribution in [-0.2, 0) is 0 Å². The number of nitrogens with zero attached hydrogens (tertiary/aromatic N) is 2. The lowest BCUT2D eigenvalue weighted by Crippen LogP contribution is -2.29. The molecule has 1 aromatic carbocycles. The first-order valence-corrected chi connectivity index (χ1v) is 9.25. The minimum absolute atomic E-state index is 0.0528. The molecule has 0 radical (unpaired) electrons. The number of nitrogens with one attached hydrogen (secondary N) is 1. The Morgan fingerprint density at radius 2 is 2.18 bits per heavy atom. The molecule has 0 saturated heterocycles. The van der Waals surface area contributed by atoms with Crippen molar-refractivity contribution < 1.29 is 5.11 Å². The number of aromatic nitrogens is 1. The van der Waals surface area contributed by atoms with Gasteiger partial charge in [-0.1, -0.05) is 62.0 Å². The Morgan fingerprint density at radius 1 is 1.43 bits per heavy atom. The molecular formula is C22H25ClN4O. The van der Waals surface area contributed by atoms with Crippen molar-refractivity contribution >= 4 is 28.3 Å². The van der Waals surface area contributed by atoms with E-state index in [1.807, 2.05) is 43.3 Å². The van der Waals surface area contributed by atoms with Gasteiger partial charge in [0.1, 0.15) is 17.1 Å². The maximum Gasteiger partial charge on any atom is 0.147 e. The lowest BCUT2D eigenvalue weighted by Gasteiger charge is -2.24. The number of allylic oxidation sites excluding steroid dienone is 2. The van der Waals surface area contributed by atoms with Crippen LogP contribution in [0.1, 0.15) is 24.9 Å². The van der Waals surface area contributed by atoms with E-state index in [0.717, 1.165) is 11.8 Å². The molecule has 0 aliphatic carbocycles. The Kier molecular flexibility index (Phi) is 7.41. The van der Waals surface area contributed by atoms with E-state index in [4.69, 9.17) is 17.3 Å². The van der Waals surface area contributed by atoms with Crippen LogP contribution in [0.5, 0.6) is 5.75 Å². The molecule has 1 atom stereocenters. The molecule has 28 heavy (non-hydrogen) atoms. The predicted molar refractivity (Wildman–Crippen MR) is 118 cm³/mol. The molecule has 2 aromatic rings. The van der Waals surface area contributed by atoms with Gasteiger partial charge < -0.3 is 16.2 Å². The molecule has 1 heterocycles. The van der Waals surface area contributed by atoms with Crippen molar-refractivity contribution in [3.63, 3.8) is 0 Å². The van der Waals surface area contributed by atoms with Crippen LogP contribution in [0.15, 0.2) is 83.1 Å². The van der Waals surface area contributed by atoms with Crippen LogP contribution in [-0.4, -0.2) is 23.0 Å². The van der Waals surface area contributed by atoms with Crippen LogP contribution < -0.4 is 11.1 Å². The molecule has 5 nitrogen and oxygen atoms in total. The molecule has 0 fully saturated rings. The Bertz CT molecular complexity index is 976. The molecule has 0 amide bonds. The number of halogens is 1. The van der Waals surface area contributed by atoms with Crippen molar-refractivity contribution in [2.45, 2.75) is 19.4 Å². The normalized spacial score (nSPS) is 14.0. The van der Waals surface area contributed by atoms with E-state index in [1.54, 1.807) is 19.3 Å². The van der Waals surface area contributed by atoms with Gasteiger partial charge in [0.25, 0.3) is 0 Å². The van der Waals surface area contributed by atoms with E-state index in [1.165, 1.54) is 0 Å². The number of rotatable bonds is 7. The highest BCUT2D eigenvalue weighted by molar-refractivity contribution is 6.32. The van der Waals surface area contributed by atoms with Gasteiger partial charge in [-0.25, -0.2) is 0 Å². The second-order valence-corrected chi connectivity index (χ2v) is 6.45. The zero-order chi connectivity index (χ0) is 20.7. The van der Waals surface area contributed by atoms with Gasteiger partial charge in [-0.15, -0.1) is 0 Å². The molecule has 0 aliphatic heterocycles. The smallest absolute Gasteiger partial charge is 0.147 e. The van der Waals surface area contributed by atoms with Crippen LogP contribution in [0.3, 0.4) is 0 Å². The lowest BCUT2D eigenvalue weighted by atomic mass is 9.95. The van der Waals surface area contributed by atoms with Gasteiger partial charge in [0.15, 0.2) is 0 Å². The van der Waals surface area contributed by atoms with Crippen LogP contribution >= 0.6 is 11.6 Å². The number of benzene rings is 1. The number of fused-ring (bicyclic) bond motifs is 1. The Balaban J connectivity index is 2.69. The summed E-state index contributed by atoms with van der Waals surface area (Å²) in [5.74, 6) is 0.677. The van der Waals surface area contributed by atoms with E-state index >= 15 is 0 Å². The van der Waals surface area contributed by atoms with Crippen molar-refractivity contribution in [2.75, 3.05) is 7.05 Å². The summed E-state index contributed by atoms with van der Waals surface area (Å²) in [4.78, 5) is 8.57. The van der Waals surface area contributed by atoms with Crippen molar-refractivity contribution in [1.82, 2.24) is 10.3 Å². The highest BCUT2D eigenvalue weighted by atomic mass is 35.5. The van der Waals surface area contributed by atoms with Gasteiger partial charge in [0, 0.05) is 29.9 Å². The summed E-state index contributed by atoms with van der Waals surface area (Å²) in [6.45, 7) is 9.61. The summed E-state index contributed by atoms with van der Waals surface area (Å²) in [5.41, 5.74) is 7.68. The molecule has 1 unspecified atom stereocenters. The fourth-order valence-corrected chi connectivity index (χ4v) is 2.97. The van der Waals surface area contributed by atoms with E-state index in [2.05, 4.69) is 28.5 Å². The molecule has 2 rings (SSSR count). The molecule has 6 heteroatoms. The van der Waals surface area contributed by atoms with Crippen molar-refractivity contribution in [1.29, 1.82) is 0 Å². The molecule has 4 N–H and O–H groups in total. The Hall–Kier alpha value is -3.05. The van der Waals surface area contributed by atoms with Gasteiger partial charge >= 0.3 is 0 Å². The van der Waals surface area contributed by atoms with Crippen molar-refractivity contribution in [3.05, 3.63) is 83.7 Å². The number of hydrogen-bond acceptors (Lipinski definition) is 4. The summed E-state index contributed by atoms with van der Waals surface area (Å²) in [6.07, 6.45) is 7.94. The first-order valence-electron chi connectivity index (χ1n) is 8.87. The first-order chi connectivity index (χ1) is 13.4. The lowest BCUT2D eigenvalue weighted by molar-refractivity contribution is 0.468. The largest absolute Gasteiger partial charge is 0.505 e. The second kappa shape index (κ2) is 9.76. The maximum absolute atomic E-state index is 10.9. The third-order valence-electron chi connectivity index (χ3n) is 4.20. The number of hydrogen-bond donors (Lipinski definition) is 3. The molecule has 0 bridgehead atoms. The van der Waals surface area contributed by atoms with E-state index < -0.39 is 6.04 Å². The quantitative estimate of drug-likeness (QED) is 0.359. The second-order valence-electron chi connectivity index (χ2n) is 6.07. The summed E-state index contributed by atoms with van der Waals surface area (Å²) >= 11 is 6.42. The average molecular weight is 397 g/mol. The molecule has 1 aromatic heterocycles. The third kappa shape index (κ3) is 4.61. The maximum atomic E-state index is 10.9. The summed E-state index contributed by atoms with van der Waals surface area (Å²) in [7, 11) is 1.68. The van der Waals surface area contributed by atoms with Gasteiger partial charge in [-0.2, -0.15) is 0 Å². The van der Waals surface area contributed by atoms with Crippen LogP contribution in [0.25, 0.3) is 10.9 Å². The monoisotopic (exact) mass is 396 g/mol. The molecule has 0 spiro atoms. The summed E-state index contributed by atoms with van der Waals surface area (Å²) < 4.78 is 0. The standard InChI is InChI=1S/C22H25ClN4O/c1-5-7-10-18(25-4)27-21(16(6-2)19(23)14(3)24)17-12-11-15-9-8-13-26-20(15)22(17)28/h6-13,21,28H,2-3,5,24H2,1,4H3,(H,25,27)/b10-7-,19-16-. The Labute approximate surface area is 170 Å². The fourth-order valence-electron chi connectivity index (χ4n) is 2.79. The van der Waals surface area contributed by atoms with E-state index in [0.29, 0.717) is 22.5 Å². The highest BCUT2D eigenvalue weighted by Gasteiger charge is 2.23. The Morgan fingerprint density at radius 3 is 2.79 bits per heavy atom.